The molecule has 4 aliphatic rings. The SMILES string of the molecule is C=NC1CCC(CN2CCC(c3ccc4c(c3)CN(C3CCC(=O)NC3=O)C4=O)CC2)CC1. The van der Waals surface area contributed by atoms with Crippen molar-refractivity contribution in [2.75, 3.05) is 19.6 Å². The number of carbonyl (C=O) groups is 3. The van der Waals surface area contributed by atoms with Gasteiger partial charge in [-0.15, -0.1) is 0 Å². The largest absolute Gasteiger partial charge is 0.322 e. The van der Waals surface area contributed by atoms with Crippen LogP contribution in [0, 0.1) is 5.92 Å². The van der Waals surface area contributed by atoms with E-state index < -0.39 is 6.04 Å². The highest BCUT2D eigenvalue weighted by molar-refractivity contribution is 6.05. The fourth-order valence-corrected chi connectivity index (χ4v) is 6.17. The number of aliphatic imine (C=N–C) groups is 1. The zero-order valence-corrected chi connectivity index (χ0v) is 19.3. The molecule has 7 nitrogen and oxygen atoms in total. The molecule has 1 atom stereocenters. The number of likely N-dealkylation sites (tertiary alicyclic amines) is 1. The van der Waals surface area contributed by atoms with Crippen LogP contribution in [0.2, 0.25) is 0 Å². The standard InChI is InChI=1S/C26H34N4O3/c1-27-21-5-2-17(3-6-21)15-29-12-10-18(11-13-29)19-4-7-22-20(14-19)16-30(26(22)33)23-8-9-24(31)28-25(23)32/h4,7,14,17-18,21,23H,1-3,5-6,8-13,15-16H2,(H,28,31,32). The predicted octanol–water partition coefficient (Wildman–Crippen LogP) is 2.89. The number of fused-ring (bicyclic) bond motifs is 1. The molecule has 176 valence electrons. The molecule has 1 unspecified atom stereocenters. The van der Waals surface area contributed by atoms with Crippen LogP contribution in [0.1, 0.15) is 78.8 Å². The number of nitrogens with zero attached hydrogens (tertiary/aromatic N) is 3. The van der Waals surface area contributed by atoms with E-state index in [0.29, 0.717) is 30.5 Å². The maximum absolute atomic E-state index is 12.9. The zero-order chi connectivity index (χ0) is 22.9. The maximum atomic E-state index is 12.9. The highest BCUT2D eigenvalue weighted by atomic mass is 16.2. The van der Waals surface area contributed by atoms with Crippen molar-refractivity contribution in [1.29, 1.82) is 0 Å². The van der Waals surface area contributed by atoms with Crippen molar-refractivity contribution < 1.29 is 14.4 Å². The summed E-state index contributed by atoms with van der Waals surface area (Å²) in [5, 5.41) is 2.37. The molecule has 2 saturated heterocycles. The third kappa shape index (κ3) is 4.60. The number of hydrogen-bond acceptors (Lipinski definition) is 5. The van der Waals surface area contributed by atoms with Crippen LogP contribution in [0.25, 0.3) is 0 Å². The molecule has 3 fully saturated rings. The van der Waals surface area contributed by atoms with E-state index in [2.05, 4.69) is 34.1 Å². The van der Waals surface area contributed by atoms with Crippen LogP contribution in [0.5, 0.6) is 0 Å². The Labute approximate surface area is 195 Å². The topological polar surface area (TPSA) is 82.1 Å². The van der Waals surface area contributed by atoms with Gasteiger partial charge in [0.2, 0.25) is 11.8 Å². The molecule has 0 radical (unpaired) electrons. The fraction of sp³-hybridized carbons (Fsp3) is 0.615. The zero-order valence-electron chi connectivity index (χ0n) is 19.3. The summed E-state index contributed by atoms with van der Waals surface area (Å²) >= 11 is 0. The first-order chi connectivity index (χ1) is 16.0. The minimum Gasteiger partial charge on any atom is -0.322 e. The summed E-state index contributed by atoms with van der Waals surface area (Å²) in [7, 11) is 0. The van der Waals surface area contributed by atoms with Crippen LogP contribution in [0.4, 0.5) is 0 Å². The van der Waals surface area contributed by atoms with Crippen LogP contribution in [0.3, 0.4) is 0 Å². The first-order valence-corrected chi connectivity index (χ1v) is 12.5. The minimum absolute atomic E-state index is 0.0951. The van der Waals surface area contributed by atoms with Gasteiger partial charge in [0, 0.05) is 31.1 Å². The van der Waals surface area contributed by atoms with Gasteiger partial charge >= 0.3 is 0 Å². The highest BCUT2D eigenvalue weighted by Gasteiger charge is 2.39. The first-order valence-electron chi connectivity index (χ1n) is 12.5. The molecule has 1 aromatic carbocycles. The van der Waals surface area contributed by atoms with E-state index in [1.54, 1.807) is 4.90 Å². The van der Waals surface area contributed by atoms with Crippen LogP contribution in [0.15, 0.2) is 23.2 Å². The Balaban J connectivity index is 1.17. The molecule has 7 heteroatoms. The molecule has 1 N–H and O–H groups in total. The Hall–Kier alpha value is -2.54. The maximum Gasteiger partial charge on any atom is 0.255 e. The molecule has 0 bridgehead atoms. The number of hydrogen-bond donors (Lipinski definition) is 1. The number of benzene rings is 1. The number of nitrogens with one attached hydrogen (secondary N) is 1. The second-order valence-electron chi connectivity index (χ2n) is 10.2. The summed E-state index contributed by atoms with van der Waals surface area (Å²) in [4.78, 5) is 45.1. The van der Waals surface area contributed by atoms with Crippen molar-refractivity contribution in [2.24, 2.45) is 10.9 Å². The van der Waals surface area contributed by atoms with Crippen LogP contribution in [-0.2, 0) is 16.1 Å². The van der Waals surface area contributed by atoms with Crippen molar-refractivity contribution in [2.45, 2.75) is 75.9 Å². The number of piperidine rings is 2. The second kappa shape index (κ2) is 9.37. The van der Waals surface area contributed by atoms with Gasteiger partial charge in [-0.25, -0.2) is 0 Å². The smallest absolute Gasteiger partial charge is 0.255 e. The molecule has 1 aliphatic carbocycles. The monoisotopic (exact) mass is 450 g/mol. The van der Waals surface area contributed by atoms with Gasteiger partial charge in [-0.05, 0) is 93.8 Å². The van der Waals surface area contributed by atoms with E-state index in [-0.39, 0.29) is 24.1 Å². The third-order valence-electron chi connectivity index (χ3n) is 8.20. The quantitative estimate of drug-likeness (QED) is 0.552. The molecule has 1 saturated carbocycles. The molecule has 0 spiro atoms. The van der Waals surface area contributed by atoms with Crippen molar-refractivity contribution in [3.63, 3.8) is 0 Å². The Morgan fingerprint density at radius 3 is 2.45 bits per heavy atom. The lowest BCUT2D eigenvalue weighted by Crippen LogP contribution is -2.52. The van der Waals surface area contributed by atoms with E-state index in [9.17, 15) is 14.4 Å². The molecular formula is C26H34N4O3. The molecule has 3 heterocycles. The lowest BCUT2D eigenvalue weighted by molar-refractivity contribution is -0.136. The predicted molar refractivity (Wildman–Crippen MR) is 126 cm³/mol. The van der Waals surface area contributed by atoms with E-state index in [4.69, 9.17) is 0 Å². The van der Waals surface area contributed by atoms with Gasteiger partial charge in [0.25, 0.3) is 5.91 Å². The molecular weight excluding hydrogens is 416 g/mol. The van der Waals surface area contributed by atoms with Crippen molar-refractivity contribution in [1.82, 2.24) is 15.1 Å². The van der Waals surface area contributed by atoms with Gasteiger partial charge in [-0.1, -0.05) is 12.1 Å². The summed E-state index contributed by atoms with van der Waals surface area (Å²) in [5.41, 5.74) is 3.02. The van der Waals surface area contributed by atoms with Crippen molar-refractivity contribution in [3.05, 3.63) is 34.9 Å². The van der Waals surface area contributed by atoms with Crippen LogP contribution >= 0.6 is 0 Å². The molecule has 0 aromatic heterocycles. The van der Waals surface area contributed by atoms with Gasteiger partial charge in [-0.3, -0.25) is 24.7 Å². The number of carbonyl (C=O) groups excluding carboxylic acids is 3. The summed E-state index contributed by atoms with van der Waals surface area (Å²) < 4.78 is 0. The van der Waals surface area contributed by atoms with Crippen molar-refractivity contribution in [3.8, 4) is 0 Å². The Morgan fingerprint density at radius 2 is 1.76 bits per heavy atom. The Kier molecular flexibility index (Phi) is 6.32. The Bertz CT molecular complexity index is 945. The number of rotatable bonds is 5. The Morgan fingerprint density at radius 1 is 1.00 bits per heavy atom. The number of amides is 3. The second-order valence-corrected chi connectivity index (χ2v) is 10.2. The lowest BCUT2D eigenvalue weighted by Gasteiger charge is -2.36. The number of imide groups is 1. The van der Waals surface area contributed by atoms with E-state index in [1.165, 1.54) is 37.8 Å². The van der Waals surface area contributed by atoms with Gasteiger partial charge in [0.05, 0.1) is 0 Å². The van der Waals surface area contributed by atoms with Gasteiger partial charge in [-0.2, -0.15) is 0 Å². The summed E-state index contributed by atoms with van der Waals surface area (Å²) in [5.74, 6) is 0.614. The lowest BCUT2D eigenvalue weighted by atomic mass is 9.84. The summed E-state index contributed by atoms with van der Waals surface area (Å²) in [6, 6.07) is 6.16. The minimum atomic E-state index is -0.549. The van der Waals surface area contributed by atoms with E-state index in [0.717, 1.165) is 37.4 Å². The van der Waals surface area contributed by atoms with Gasteiger partial charge in [0.1, 0.15) is 6.04 Å². The molecule has 33 heavy (non-hydrogen) atoms. The van der Waals surface area contributed by atoms with Crippen LogP contribution in [-0.4, -0.2) is 66.0 Å². The summed E-state index contributed by atoms with van der Waals surface area (Å²) in [6.07, 6.45) is 7.90. The van der Waals surface area contributed by atoms with Crippen molar-refractivity contribution >= 4 is 24.4 Å². The molecule has 3 amide bonds. The van der Waals surface area contributed by atoms with Gasteiger partial charge < -0.3 is 9.80 Å². The van der Waals surface area contributed by atoms with Gasteiger partial charge in [0.15, 0.2) is 0 Å². The fourth-order valence-electron chi connectivity index (χ4n) is 6.17. The average molecular weight is 451 g/mol. The third-order valence-corrected chi connectivity index (χ3v) is 8.20. The van der Waals surface area contributed by atoms with E-state index in [1.807, 2.05) is 6.07 Å². The van der Waals surface area contributed by atoms with Crippen LogP contribution < -0.4 is 5.32 Å². The molecule has 1 aromatic rings. The normalized spacial score (nSPS) is 29.2. The molecule has 5 rings (SSSR count). The molecule has 3 aliphatic heterocycles. The first kappa shape index (κ1) is 22.3. The van der Waals surface area contributed by atoms with E-state index >= 15 is 0 Å². The summed E-state index contributed by atoms with van der Waals surface area (Å²) in [6.45, 7) is 7.62. The average Bonchev–Trinajstić information content (AvgIpc) is 3.15. The highest BCUT2D eigenvalue weighted by Crippen LogP contribution is 2.34.